The minimum Gasteiger partial charge on any atom is -0.472 e. The van der Waals surface area contributed by atoms with E-state index in [9.17, 15) is 9.59 Å². The van der Waals surface area contributed by atoms with E-state index in [1.165, 1.54) is 12.5 Å². The molecule has 7 heteroatoms. The highest BCUT2D eigenvalue weighted by atomic mass is 35.5. The second-order valence-electron chi connectivity index (χ2n) is 6.97. The van der Waals surface area contributed by atoms with Crippen molar-refractivity contribution in [3.05, 3.63) is 48.4 Å². The zero-order valence-corrected chi connectivity index (χ0v) is 15.0. The van der Waals surface area contributed by atoms with Crippen LogP contribution >= 0.6 is 12.4 Å². The lowest BCUT2D eigenvalue weighted by Crippen LogP contribution is -2.42. The third kappa shape index (κ3) is 3.48. The molecule has 1 aromatic heterocycles. The van der Waals surface area contributed by atoms with Crippen LogP contribution in [0.3, 0.4) is 0 Å². The number of hydrogen-bond acceptors (Lipinski definition) is 4. The maximum atomic E-state index is 12.6. The van der Waals surface area contributed by atoms with Gasteiger partial charge in [0.2, 0.25) is 5.91 Å². The van der Waals surface area contributed by atoms with Gasteiger partial charge in [0.05, 0.1) is 17.7 Å². The van der Waals surface area contributed by atoms with Crippen LogP contribution < -0.4 is 16.4 Å². The highest BCUT2D eigenvalue weighted by molar-refractivity contribution is 6.04. The number of nitrogens with two attached hydrogens (primary N) is 1. The lowest BCUT2D eigenvalue weighted by atomic mass is 9.84. The molecule has 0 saturated heterocycles. The number of carbonyl (C=O) groups is 2. The maximum Gasteiger partial charge on any atom is 0.258 e. The van der Waals surface area contributed by atoms with E-state index in [1.807, 2.05) is 6.07 Å². The fourth-order valence-electron chi connectivity index (χ4n) is 4.22. The van der Waals surface area contributed by atoms with E-state index in [1.54, 1.807) is 24.3 Å². The summed E-state index contributed by atoms with van der Waals surface area (Å²) >= 11 is 0. The molecular weight excluding hydrogens is 354 g/mol. The van der Waals surface area contributed by atoms with Crippen LogP contribution in [-0.4, -0.2) is 17.9 Å². The van der Waals surface area contributed by atoms with Gasteiger partial charge in [-0.05, 0) is 55.4 Å². The van der Waals surface area contributed by atoms with Gasteiger partial charge in [0, 0.05) is 17.4 Å². The van der Waals surface area contributed by atoms with E-state index in [0.29, 0.717) is 28.8 Å². The normalized spacial score (nSPS) is 26.2. The van der Waals surface area contributed by atoms with Crippen molar-refractivity contribution in [2.24, 2.45) is 23.5 Å². The number of halogens is 1. The third-order valence-electron chi connectivity index (χ3n) is 5.45. The Bertz CT molecular complexity index is 791. The topological polar surface area (TPSA) is 97.4 Å². The van der Waals surface area contributed by atoms with Gasteiger partial charge in [-0.2, -0.15) is 0 Å². The number of fused-ring (bicyclic) bond motifs is 2. The van der Waals surface area contributed by atoms with Crippen LogP contribution in [0.4, 0.5) is 11.4 Å². The van der Waals surface area contributed by atoms with Gasteiger partial charge in [-0.25, -0.2) is 0 Å². The molecule has 138 valence electrons. The molecule has 2 aromatic rings. The van der Waals surface area contributed by atoms with E-state index in [0.717, 1.165) is 19.3 Å². The van der Waals surface area contributed by atoms with Gasteiger partial charge in [-0.3, -0.25) is 9.59 Å². The molecule has 26 heavy (non-hydrogen) atoms. The highest BCUT2D eigenvalue weighted by Gasteiger charge is 2.49. The molecule has 2 bridgehead atoms. The number of rotatable bonds is 4. The Balaban J connectivity index is 0.00000196. The fraction of sp³-hybridized carbons (Fsp3) is 0.368. The molecule has 2 amide bonds. The molecule has 0 radical (unpaired) electrons. The summed E-state index contributed by atoms with van der Waals surface area (Å²) in [7, 11) is 0. The van der Waals surface area contributed by atoms with Crippen LogP contribution in [0.1, 0.15) is 29.6 Å². The van der Waals surface area contributed by atoms with E-state index in [-0.39, 0.29) is 36.2 Å². The molecule has 2 fully saturated rings. The van der Waals surface area contributed by atoms with Crippen LogP contribution in [0.15, 0.2) is 47.3 Å². The van der Waals surface area contributed by atoms with E-state index < -0.39 is 0 Å². The lowest BCUT2D eigenvalue weighted by molar-refractivity contribution is -0.121. The summed E-state index contributed by atoms with van der Waals surface area (Å²) < 4.78 is 4.91. The molecule has 6 nitrogen and oxygen atoms in total. The van der Waals surface area contributed by atoms with Crippen LogP contribution in [-0.2, 0) is 4.79 Å². The number of furan rings is 1. The molecule has 1 heterocycles. The summed E-state index contributed by atoms with van der Waals surface area (Å²) in [5.41, 5.74) is 7.96. The van der Waals surface area contributed by atoms with Crippen LogP contribution in [0.2, 0.25) is 0 Å². The summed E-state index contributed by atoms with van der Waals surface area (Å²) in [6.07, 6.45) is 6.14. The second-order valence-corrected chi connectivity index (χ2v) is 6.97. The second kappa shape index (κ2) is 7.51. The predicted molar refractivity (Wildman–Crippen MR) is 101 cm³/mol. The van der Waals surface area contributed by atoms with Crippen LogP contribution in [0, 0.1) is 17.8 Å². The third-order valence-corrected chi connectivity index (χ3v) is 5.45. The van der Waals surface area contributed by atoms with E-state index in [4.69, 9.17) is 10.2 Å². The number of anilines is 2. The predicted octanol–water partition coefficient (Wildman–Crippen LogP) is 3.27. The van der Waals surface area contributed by atoms with Gasteiger partial charge < -0.3 is 20.8 Å². The van der Waals surface area contributed by atoms with Gasteiger partial charge >= 0.3 is 0 Å². The molecule has 4 atom stereocenters. The minimum absolute atomic E-state index is 0. The molecule has 0 spiro atoms. The average molecular weight is 376 g/mol. The molecule has 2 aliphatic carbocycles. The first kappa shape index (κ1) is 18.5. The van der Waals surface area contributed by atoms with Crippen molar-refractivity contribution in [3.8, 4) is 0 Å². The zero-order valence-electron chi connectivity index (χ0n) is 14.2. The molecule has 4 unspecified atom stereocenters. The molecule has 0 aliphatic heterocycles. The lowest BCUT2D eigenvalue weighted by Gasteiger charge is -2.27. The first-order valence-electron chi connectivity index (χ1n) is 8.62. The Labute approximate surface area is 157 Å². The Morgan fingerprint density at radius 1 is 1.08 bits per heavy atom. The number of amides is 2. The largest absolute Gasteiger partial charge is 0.472 e. The Hall–Kier alpha value is -2.31. The van der Waals surface area contributed by atoms with Crippen LogP contribution in [0.5, 0.6) is 0 Å². The van der Waals surface area contributed by atoms with Crippen molar-refractivity contribution in [2.45, 2.75) is 25.3 Å². The van der Waals surface area contributed by atoms with Crippen molar-refractivity contribution >= 4 is 35.6 Å². The zero-order chi connectivity index (χ0) is 17.4. The first-order chi connectivity index (χ1) is 12.1. The van der Waals surface area contributed by atoms with Crippen molar-refractivity contribution in [3.63, 3.8) is 0 Å². The van der Waals surface area contributed by atoms with Crippen molar-refractivity contribution in [2.75, 3.05) is 10.6 Å². The summed E-state index contributed by atoms with van der Waals surface area (Å²) in [6.45, 7) is 0. The van der Waals surface area contributed by atoms with E-state index >= 15 is 0 Å². The van der Waals surface area contributed by atoms with Gasteiger partial charge in [0.15, 0.2) is 0 Å². The molecule has 1 aromatic carbocycles. The average Bonchev–Trinajstić information content (AvgIpc) is 3.32. The summed E-state index contributed by atoms with van der Waals surface area (Å²) in [4.78, 5) is 24.7. The number of benzene rings is 1. The number of hydrogen-bond donors (Lipinski definition) is 3. The SMILES string of the molecule is Cl.NC1C2CCC(C2)C1C(=O)Nc1cccc(NC(=O)c2ccoc2)c1. The summed E-state index contributed by atoms with van der Waals surface area (Å²) in [6, 6.07) is 8.68. The molecule has 2 aliphatic rings. The standard InChI is InChI=1S/C19H21N3O3.ClH/c20-17-12-5-4-11(8-12)16(17)19(24)22-15-3-1-2-14(9-15)21-18(23)13-6-7-25-10-13;/h1-3,6-7,9-12,16-17H,4-5,8,20H2,(H,21,23)(H,22,24);1H. The monoisotopic (exact) mass is 375 g/mol. The molecule has 4 rings (SSSR count). The van der Waals surface area contributed by atoms with Crippen molar-refractivity contribution in [1.82, 2.24) is 0 Å². The quantitative estimate of drug-likeness (QED) is 0.763. The van der Waals surface area contributed by atoms with Gasteiger partial charge in [-0.1, -0.05) is 6.07 Å². The maximum absolute atomic E-state index is 12.6. The number of carbonyl (C=O) groups excluding carboxylic acids is 2. The van der Waals surface area contributed by atoms with Gasteiger partial charge in [0.25, 0.3) is 5.91 Å². The highest BCUT2D eigenvalue weighted by Crippen LogP contribution is 2.47. The fourth-order valence-corrected chi connectivity index (χ4v) is 4.22. The van der Waals surface area contributed by atoms with Crippen LogP contribution in [0.25, 0.3) is 0 Å². The Morgan fingerprint density at radius 3 is 2.46 bits per heavy atom. The minimum atomic E-state index is -0.257. The molecule has 4 N–H and O–H groups in total. The summed E-state index contributed by atoms with van der Waals surface area (Å²) in [5.74, 6) is 0.513. The smallest absolute Gasteiger partial charge is 0.258 e. The van der Waals surface area contributed by atoms with Crippen molar-refractivity contribution in [1.29, 1.82) is 0 Å². The Morgan fingerprint density at radius 2 is 1.81 bits per heavy atom. The molecular formula is C19H22ClN3O3. The first-order valence-corrected chi connectivity index (χ1v) is 8.62. The van der Waals surface area contributed by atoms with E-state index in [2.05, 4.69) is 10.6 Å². The summed E-state index contributed by atoms with van der Waals surface area (Å²) in [5, 5.41) is 5.75. The van der Waals surface area contributed by atoms with Crippen molar-refractivity contribution < 1.29 is 14.0 Å². The van der Waals surface area contributed by atoms with Gasteiger partial charge in [-0.15, -0.1) is 12.4 Å². The molecule has 2 saturated carbocycles. The van der Waals surface area contributed by atoms with Gasteiger partial charge in [0.1, 0.15) is 6.26 Å². The Kier molecular flexibility index (Phi) is 5.34. The number of nitrogens with one attached hydrogen (secondary N) is 2.